The molecule has 0 radical (unpaired) electrons. The summed E-state index contributed by atoms with van der Waals surface area (Å²) in [6.45, 7) is 2.08. The van der Waals surface area contributed by atoms with E-state index in [1.54, 1.807) is 17.0 Å². The first-order chi connectivity index (χ1) is 7.66. The molecule has 0 aromatic heterocycles. The van der Waals surface area contributed by atoms with Gasteiger partial charge in [0.15, 0.2) is 0 Å². The van der Waals surface area contributed by atoms with Gasteiger partial charge in [-0.1, -0.05) is 15.9 Å². The Hall–Kier alpha value is -0.940. The zero-order valence-corrected chi connectivity index (χ0v) is 10.3. The molecule has 1 aromatic rings. The normalized spacial score (nSPS) is 16.6. The van der Waals surface area contributed by atoms with Gasteiger partial charge in [-0.3, -0.25) is 4.79 Å². The van der Waals surface area contributed by atoms with Gasteiger partial charge in [0.05, 0.1) is 6.54 Å². The molecule has 5 heteroatoms. The van der Waals surface area contributed by atoms with Crippen LogP contribution >= 0.6 is 15.9 Å². The van der Waals surface area contributed by atoms with E-state index in [1.807, 2.05) is 0 Å². The number of piperazine rings is 1. The van der Waals surface area contributed by atoms with Crippen molar-refractivity contribution < 1.29 is 9.18 Å². The van der Waals surface area contributed by atoms with Crippen molar-refractivity contribution >= 4 is 21.8 Å². The highest BCUT2D eigenvalue weighted by atomic mass is 79.9. The second kappa shape index (κ2) is 4.93. The number of nitrogens with zero attached hydrogens (tertiary/aromatic N) is 1. The van der Waals surface area contributed by atoms with E-state index in [0.717, 1.165) is 11.0 Å². The highest BCUT2D eigenvalue weighted by Crippen LogP contribution is 2.17. The van der Waals surface area contributed by atoms with Gasteiger partial charge in [0, 0.05) is 29.7 Å². The molecule has 3 nitrogen and oxygen atoms in total. The van der Waals surface area contributed by atoms with Gasteiger partial charge in [0.1, 0.15) is 5.82 Å². The number of amides is 1. The van der Waals surface area contributed by atoms with Crippen molar-refractivity contribution in [3.63, 3.8) is 0 Å². The third kappa shape index (κ3) is 2.59. The summed E-state index contributed by atoms with van der Waals surface area (Å²) in [5.41, 5.74) is 0.546. The smallest absolute Gasteiger partial charge is 0.236 e. The second-order valence-electron chi connectivity index (χ2n) is 3.73. The van der Waals surface area contributed by atoms with E-state index in [1.165, 1.54) is 6.07 Å². The average Bonchev–Trinajstić information content (AvgIpc) is 2.27. The number of hydrogen-bond acceptors (Lipinski definition) is 2. The van der Waals surface area contributed by atoms with E-state index >= 15 is 0 Å². The van der Waals surface area contributed by atoms with Crippen LogP contribution in [0.3, 0.4) is 0 Å². The predicted molar refractivity (Wildman–Crippen MR) is 62.4 cm³/mol. The summed E-state index contributed by atoms with van der Waals surface area (Å²) < 4.78 is 14.3. The highest BCUT2D eigenvalue weighted by Gasteiger charge is 2.18. The zero-order valence-electron chi connectivity index (χ0n) is 8.67. The lowest BCUT2D eigenvalue weighted by atomic mass is 10.2. The number of hydrogen-bond donors (Lipinski definition) is 1. The zero-order chi connectivity index (χ0) is 11.5. The summed E-state index contributed by atoms with van der Waals surface area (Å²) in [7, 11) is 0. The summed E-state index contributed by atoms with van der Waals surface area (Å²) >= 11 is 3.29. The first-order valence-corrected chi connectivity index (χ1v) is 5.88. The predicted octanol–water partition coefficient (Wildman–Crippen LogP) is 1.52. The minimum Gasteiger partial charge on any atom is -0.336 e. The summed E-state index contributed by atoms with van der Waals surface area (Å²) in [6, 6.07) is 4.77. The van der Waals surface area contributed by atoms with E-state index in [-0.39, 0.29) is 11.7 Å². The van der Waals surface area contributed by atoms with Crippen LogP contribution in [0.1, 0.15) is 5.56 Å². The number of carbonyl (C=O) groups excluding carboxylic acids is 1. The number of halogens is 2. The van der Waals surface area contributed by atoms with Crippen LogP contribution in [-0.2, 0) is 11.3 Å². The SMILES string of the molecule is O=C1CNCCN1Cc1cc(Br)ccc1F. The first kappa shape index (κ1) is 11.5. The van der Waals surface area contributed by atoms with Crippen LogP contribution in [0.15, 0.2) is 22.7 Å². The molecule has 1 amide bonds. The summed E-state index contributed by atoms with van der Waals surface area (Å²) in [6.07, 6.45) is 0. The monoisotopic (exact) mass is 286 g/mol. The van der Waals surface area contributed by atoms with Crippen molar-refractivity contribution in [2.75, 3.05) is 19.6 Å². The molecule has 1 aromatic carbocycles. The summed E-state index contributed by atoms with van der Waals surface area (Å²) in [4.78, 5) is 13.2. The Morgan fingerprint density at radius 2 is 2.31 bits per heavy atom. The Bertz CT molecular complexity index is 411. The largest absolute Gasteiger partial charge is 0.336 e. The third-order valence-electron chi connectivity index (χ3n) is 2.56. The molecule has 2 rings (SSSR count). The van der Waals surface area contributed by atoms with Crippen LogP contribution in [0.25, 0.3) is 0 Å². The fourth-order valence-corrected chi connectivity index (χ4v) is 2.09. The molecule has 1 N–H and O–H groups in total. The topological polar surface area (TPSA) is 32.3 Å². The van der Waals surface area contributed by atoms with Gasteiger partial charge in [-0.15, -0.1) is 0 Å². The van der Waals surface area contributed by atoms with Gasteiger partial charge >= 0.3 is 0 Å². The molecular weight excluding hydrogens is 275 g/mol. The quantitative estimate of drug-likeness (QED) is 0.894. The fraction of sp³-hybridized carbons (Fsp3) is 0.364. The Kier molecular flexibility index (Phi) is 3.56. The van der Waals surface area contributed by atoms with Crippen molar-refractivity contribution in [2.45, 2.75) is 6.54 Å². The van der Waals surface area contributed by atoms with E-state index in [4.69, 9.17) is 0 Å². The lowest BCUT2D eigenvalue weighted by Gasteiger charge is -2.27. The highest BCUT2D eigenvalue weighted by molar-refractivity contribution is 9.10. The Morgan fingerprint density at radius 3 is 3.06 bits per heavy atom. The molecule has 0 unspecified atom stereocenters. The summed E-state index contributed by atoms with van der Waals surface area (Å²) in [5.74, 6) is -0.250. The van der Waals surface area contributed by atoms with Crippen LogP contribution in [0.5, 0.6) is 0 Å². The molecule has 0 aliphatic carbocycles. The van der Waals surface area contributed by atoms with Gasteiger partial charge in [0.25, 0.3) is 0 Å². The third-order valence-corrected chi connectivity index (χ3v) is 3.05. The Labute approximate surface area is 102 Å². The van der Waals surface area contributed by atoms with E-state index in [2.05, 4.69) is 21.2 Å². The Balaban J connectivity index is 2.13. The van der Waals surface area contributed by atoms with Crippen molar-refractivity contribution in [3.8, 4) is 0 Å². The Morgan fingerprint density at radius 1 is 1.50 bits per heavy atom. The maximum Gasteiger partial charge on any atom is 0.236 e. The van der Waals surface area contributed by atoms with Crippen LogP contribution in [0.4, 0.5) is 4.39 Å². The average molecular weight is 287 g/mol. The molecular formula is C11H12BrFN2O. The minimum absolute atomic E-state index is 0.0191. The molecule has 0 bridgehead atoms. The second-order valence-corrected chi connectivity index (χ2v) is 4.64. The molecule has 1 aliphatic rings. The van der Waals surface area contributed by atoms with Gasteiger partial charge in [-0.25, -0.2) is 4.39 Å². The number of rotatable bonds is 2. The molecule has 0 spiro atoms. The van der Waals surface area contributed by atoms with Crippen molar-refractivity contribution in [1.29, 1.82) is 0 Å². The molecule has 1 fully saturated rings. The lowest BCUT2D eigenvalue weighted by Crippen LogP contribution is -2.47. The molecule has 0 atom stereocenters. The number of carbonyl (C=O) groups is 1. The first-order valence-electron chi connectivity index (χ1n) is 5.09. The van der Waals surface area contributed by atoms with E-state index in [0.29, 0.717) is 25.2 Å². The number of benzene rings is 1. The minimum atomic E-state index is -0.269. The van der Waals surface area contributed by atoms with Crippen LogP contribution in [0, 0.1) is 5.82 Å². The molecule has 86 valence electrons. The molecule has 0 saturated carbocycles. The van der Waals surface area contributed by atoms with Crippen LogP contribution in [0.2, 0.25) is 0 Å². The fourth-order valence-electron chi connectivity index (χ4n) is 1.68. The van der Waals surface area contributed by atoms with Crippen molar-refractivity contribution in [2.24, 2.45) is 0 Å². The van der Waals surface area contributed by atoms with E-state index < -0.39 is 0 Å². The maximum absolute atomic E-state index is 13.5. The number of nitrogens with one attached hydrogen (secondary N) is 1. The van der Waals surface area contributed by atoms with Crippen LogP contribution < -0.4 is 5.32 Å². The van der Waals surface area contributed by atoms with E-state index in [9.17, 15) is 9.18 Å². The molecule has 1 saturated heterocycles. The standard InChI is InChI=1S/C11H12BrFN2O/c12-9-1-2-10(13)8(5-9)7-15-4-3-14-6-11(15)16/h1-2,5,14H,3-4,6-7H2. The van der Waals surface area contributed by atoms with Crippen molar-refractivity contribution in [1.82, 2.24) is 10.2 Å². The lowest BCUT2D eigenvalue weighted by molar-refractivity contribution is -0.132. The summed E-state index contributed by atoms with van der Waals surface area (Å²) in [5, 5.41) is 2.98. The molecule has 1 heterocycles. The molecule has 16 heavy (non-hydrogen) atoms. The maximum atomic E-state index is 13.5. The molecule has 1 aliphatic heterocycles. The van der Waals surface area contributed by atoms with Crippen LogP contribution in [-0.4, -0.2) is 30.4 Å². The van der Waals surface area contributed by atoms with Crippen molar-refractivity contribution in [3.05, 3.63) is 34.1 Å². The van der Waals surface area contributed by atoms with Gasteiger partial charge in [-0.05, 0) is 18.2 Å². The van der Waals surface area contributed by atoms with Gasteiger partial charge in [-0.2, -0.15) is 0 Å². The van der Waals surface area contributed by atoms with Gasteiger partial charge in [0.2, 0.25) is 5.91 Å². The van der Waals surface area contributed by atoms with Gasteiger partial charge < -0.3 is 10.2 Å².